The third-order valence-electron chi connectivity index (χ3n) is 7.27. The maximum absolute atomic E-state index is 11.9. The number of halogens is 1. The van der Waals surface area contributed by atoms with Crippen molar-refractivity contribution in [3.05, 3.63) is 35.4 Å². The summed E-state index contributed by atoms with van der Waals surface area (Å²) in [5, 5.41) is 7.12. The minimum atomic E-state index is 0. The lowest BCUT2D eigenvalue weighted by molar-refractivity contribution is -0.128. The van der Waals surface area contributed by atoms with E-state index in [0.29, 0.717) is 19.5 Å². The van der Waals surface area contributed by atoms with Crippen LogP contribution in [0.15, 0.2) is 29.3 Å². The van der Waals surface area contributed by atoms with Crippen molar-refractivity contribution in [1.29, 1.82) is 0 Å². The first kappa shape index (κ1) is 26.2. The minimum Gasteiger partial charge on any atom is -0.379 e. The van der Waals surface area contributed by atoms with E-state index in [9.17, 15) is 4.79 Å². The first-order valence-corrected chi connectivity index (χ1v) is 12.3. The van der Waals surface area contributed by atoms with E-state index in [0.717, 1.165) is 51.8 Å². The van der Waals surface area contributed by atoms with Crippen molar-refractivity contribution in [2.45, 2.75) is 63.6 Å². The molecule has 0 unspecified atom stereocenters. The number of rotatable bonds is 7. The SMILES string of the molecule is CN=C(NCc1cccc(CN2CCCC2=O)c1)NCC1(N2CCOCC2)CCCCC1.I. The van der Waals surface area contributed by atoms with Gasteiger partial charge < -0.3 is 20.3 Å². The van der Waals surface area contributed by atoms with Gasteiger partial charge in [0, 0.05) is 58.3 Å². The number of nitrogens with zero attached hydrogens (tertiary/aromatic N) is 3. The molecule has 8 heteroatoms. The average Bonchev–Trinajstić information content (AvgIpc) is 3.25. The fraction of sp³-hybridized carbons (Fsp3) is 0.680. The summed E-state index contributed by atoms with van der Waals surface area (Å²) < 4.78 is 5.61. The van der Waals surface area contributed by atoms with Crippen LogP contribution in [0.25, 0.3) is 0 Å². The van der Waals surface area contributed by atoms with Gasteiger partial charge in [0.25, 0.3) is 0 Å². The summed E-state index contributed by atoms with van der Waals surface area (Å²) >= 11 is 0. The van der Waals surface area contributed by atoms with E-state index in [1.807, 2.05) is 11.9 Å². The molecule has 4 rings (SSSR count). The number of morpholine rings is 1. The number of hydrogen-bond donors (Lipinski definition) is 2. The lowest BCUT2D eigenvalue weighted by atomic mass is 9.80. The summed E-state index contributed by atoms with van der Waals surface area (Å²) in [5.41, 5.74) is 2.61. The second kappa shape index (κ2) is 12.9. The predicted octanol–water partition coefficient (Wildman–Crippen LogP) is 3.13. The maximum atomic E-state index is 11.9. The lowest BCUT2D eigenvalue weighted by Gasteiger charge is -2.48. The summed E-state index contributed by atoms with van der Waals surface area (Å²) in [5.74, 6) is 1.12. The smallest absolute Gasteiger partial charge is 0.222 e. The number of guanidine groups is 1. The molecule has 3 aliphatic rings. The quantitative estimate of drug-likeness (QED) is 0.300. The molecule has 0 spiro atoms. The molecule has 2 saturated heterocycles. The normalized spacial score (nSPS) is 21.5. The van der Waals surface area contributed by atoms with E-state index in [-0.39, 0.29) is 35.4 Å². The van der Waals surface area contributed by atoms with Gasteiger partial charge in [-0.1, -0.05) is 43.5 Å². The molecule has 1 aliphatic carbocycles. The minimum absolute atomic E-state index is 0. The molecule has 0 bridgehead atoms. The molecule has 1 saturated carbocycles. The van der Waals surface area contributed by atoms with E-state index in [4.69, 9.17) is 4.74 Å². The summed E-state index contributed by atoms with van der Waals surface area (Å²) in [6, 6.07) is 8.52. The van der Waals surface area contributed by atoms with Gasteiger partial charge in [-0.15, -0.1) is 24.0 Å². The Kier molecular flexibility index (Phi) is 10.2. The van der Waals surface area contributed by atoms with Crippen LogP contribution in [0.2, 0.25) is 0 Å². The zero-order valence-electron chi connectivity index (χ0n) is 20.0. The topological polar surface area (TPSA) is 69.2 Å². The molecule has 0 aromatic heterocycles. The Bertz CT molecular complexity index is 791. The van der Waals surface area contributed by atoms with Crippen molar-refractivity contribution in [3.8, 4) is 0 Å². The van der Waals surface area contributed by atoms with Gasteiger partial charge in [0.05, 0.1) is 13.2 Å². The van der Waals surface area contributed by atoms with Crippen LogP contribution >= 0.6 is 24.0 Å². The van der Waals surface area contributed by atoms with Gasteiger partial charge in [0.1, 0.15) is 0 Å². The molecule has 184 valence electrons. The number of ether oxygens (including phenoxy) is 1. The zero-order chi connectivity index (χ0) is 22.2. The second-order valence-corrected chi connectivity index (χ2v) is 9.40. The first-order chi connectivity index (χ1) is 15.7. The Morgan fingerprint density at radius 3 is 2.52 bits per heavy atom. The number of nitrogens with one attached hydrogen (secondary N) is 2. The summed E-state index contributed by atoms with van der Waals surface area (Å²) in [6.45, 7) is 6.96. The summed E-state index contributed by atoms with van der Waals surface area (Å²) in [4.78, 5) is 21.0. The number of carbonyl (C=O) groups is 1. The molecular formula is C25H40IN5O2. The number of benzene rings is 1. The standard InChI is InChI=1S/C25H39N5O2.HI/c1-26-24(28-20-25(10-3-2-4-11-25)30-13-15-32-16-14-30)27-18-21-7-5-8-22(17-21)19-29-12-6-9-23(29)31;/h5,7-8,17H,2-4,6,9-16,18-20H2,1H3,(H2,26,27,28);1H. The number of aliphatic imine (C=N–C) groups is 1. The Balaban J connectivity index is 0.00000306. The van der Waals surface area contributed by atoms with Crippen LogP contribution in [0.3, 0.4) is 0 Å². The molecule has 1 aromatic carbocycles. The molecule has 2 N–H and O–H groups in total. The molecule has 2 aliphatic heterocycles. The zero-order valence-corrected chi connectivity index (χ0v) is 22.3. The fourth-order valence-corrected chi connectivity index (χ4v) is 5.44. The monoisotopic (exact) mass is 569 g/mol. The number of hydrogen-bond acceptors (Lipinski definition) is 4. The van der Waals surface area contributed by atoms with E-state index in [2.05, 4.69) is 44.8 Å². The number of amides is 1. The Hall–Kier alpha value is -1.39. The highest BCUT2D eigenvalue weighted by molar-refractivity contribution is 14.0. The highest BCUT2D eigenvalue weighted by atomic mass is 127. The summed E-state index contributed by atoms with van der Waals surface area (Å²) in [6.07, 6.45) is 8.11. The van der Waals surface area contributed by atoms with Crippen molar-refractivity contribution >= 4 is 35.8 Å². The highest BCUT2D eigenvalue weighted by Crippen LogP contribution is 2.33. The Labute approximate surface area is 215 Å². The summed E-state index contributed by atoms with van der Waals surface area (Å²) in [7, 11) is 1.84. The fourth-order valence-electron chi connectivity index (χ4n) is 5.44. The predicted molar refractivity (Wildman–Crippen MR) is 143 cm³/mol. The average molecular weight is 570 g/mol. The van der Waals surface area contributed by atoms with E-state index in [1.54, 1.807) is 0 Å². The first-order valence-electron chi connectivity index (χ1n) is 12.3. The van der Waals surface area contributed by atoms with Crippen LogP contribution < -0.4 is 10.6 Å². The van der Waals surface area contributed by atoms with Gasteiger partial charge >= 0.3 is 0 Å². The van der Waals surface area contributed by atoms with Crippen molar-refractivity contribution in [2.24, 2.45) is 4.99 Å². The molecular weight excluding hydrogens is 529 g/mol. The van der Waals surface area contributed by atoms with Crippen LogP contribution in [0.1, 0.15) is 56.1 Å². The van der Waals surface area contributed by atoms with E-state index in [1.165, 1.54) is 43.2 Å². The Morgan fingerprint density at radius 2 is 1.82 bits per heavy atom. The van der Waals surface area contributed by atoms with E-state index < -0.39 is 0 Å². The molecule has 1 amide bonds. The van der Waals surface area contributed by atoms with Crippen LogP contribution in [0.5, 0.6) is 0 Å². The Morgan fingerprint density at radius 1 is 1.06 bits per heavy atom. The van der Waals surface area contributed by atoms with Crippen LogP contribution in [0, 0.1) is 0 Å². The molecule has 33 heavy (non-hydrogen) atoms. The molecule has 1 aromatic rings. The van der Waals surface area contributed by atoms with Crippen molar-refractivity contribution in [2.75, 3.05) is 46.4 Å². The maximum Gasteiger partial charge on any atom is 0.222 e. The van der Waals surface area contributed by atoms with Crippen molar-refractivity contribution in [3.63, 3.8) is 0 Å². The third-order valence-corrected chi connectivity index (χ3v) is 7.27. The van der Waals surface area contributed by atoms with Crippen LogP contribution in [-0.4, -0.2) is 73.6 Å². The molecule has 0 radical (unpaired) electrons. The molecule has 7 nitrogen and oxygen atoms in total. The largest absolute Gasteiger partial charge is 0.379 e. The van der Waals surface area contributed by atoms with Gasteiger partial charge in [0.2, 0.25) is 5.91 Å². The number of carbonyl (C=O) groups excluding carboxylic acids is 1. The second-order valence-electron chi connectivity index (χ2n) is 9.40. The number of likely N-dealkylation sites (tertiary alicyclic amines) is 1. The van der Waals surface area contributed by atoms with Crippen molar-refractivity contribution < 1.29 is 9.53 Å². The molecule has 3 fully saturated rings. The third kappa shape index (κ3) is 7.05. The van der Waals surface area contributed by atoms with Gasteiger partial charge in [-0.25, -0.2) is 0 Å². The van der Waals surface area contributed by atoms with Crippen LogP contribution in [0.4, 0.5) is 0 Å². The van der Waals surface area contributed by atoms with Gasteiger partial charge in [-0.05, 0) is 30.4 Å². The highest BCUT2D eigenvalue weighted by Gasteiger charge is 2.38. The molecule has 2 heterocycles. The van der Waals surface area contributed by atoms with Crippen LogP contribution in [-0.2, 0) is 22.6 Å². The van der Waals surface area contributed by atoms with Gasteiger partial charge in [-0.2, -0.15) is 0 Å². The lowest BCUT2D eigenvalue weighted by Crippen LogP contribution is -2.60. The van der Waals surface area contributed by atoms with Crippen molar-refractivity contribution in [1.82, 2.24) is 20.4 Å². The molecule has 0 atom stereocenters. The van der Waals surface area contributed by atoms with Gasteiger partial charge in [0.15, 0.2) is 5.96 Å². The van der Waals surface area contributed by atoms with E-state index >= 15 is 0 Å². The van der Waals surface area contributed by atoms with Gasteiger partial charge in [-0.3, -0.25) is 14.7 Å².